The molecule has 0 saturated carbocycles. The summed E-state index contributed by atoms with van der Waals surface area (Å²) in [6, 6.07) is 0. The van der Waals surface area contributed by atoms with Crippen molar-refractivity contribution in [3.8, 4) is 0 Å². The third kappa shape index (κ3) is 3.34. The van der Waals surface area contributed by atoms with Crippen molar-refractivity contribution in [3.05, 3.63) is 0 Å². The highest BCUT2D eigenvalue weighted by molar-refractivity contribution is 5.86. The molecule has 5 heteroatoms. The summed E-state index contributed by atoms with van der Waals surface area (Å²) in [4.78, 5) is 26.1. The molecule has 0 rings (SSSR count). The number of hydroxylamine groups is 1. The van der Waals surface area contributed by atoms with Crippen LogP contribution in [0.2, 0.25) is 0 Å². The van der Waals surface area contributed by atoms with Crippen molar-refractivity contribution in [1.29, 1.82) is 0 Å². The van der Waals surface area contributed by atoms with E-state index in [0.717, 1.165) is 0 Å². The van der Waals surface area contributed by atoms with Crippen LogP contribution in [0.1, 0.15) is 20.3 Å². The molecular weight excluding hydrogens is 160 g/mol. The minimum absolute atomic E-state index is 0.0240. The van der Waals surface area contributed by atoms with Crippen molar-refractivity contribution < 1.29 is 14.4 Å². The number of rotatable bonds is 4. The van der Waals surface area contributed by atoms with Crippen LogP contribution in [0.5, 0.6) is 0 Å². The largest absolute Gasteiger partial charge is 0.369 e. The Kier molecular flexibility index (Phi) is 3.69. The van der Waals surface area contributed by atoms with Gasteiger partial charge in [0.15, 0.2) is 0 Å². The number of primary amides is 1. The number of carbonyl (C=O) groups excluding carboxylic acids is 2. The molecule has 0 bridgehead atoms. The Morgan fingerprint density at radius 2 is 2.00 bits per heavy atom. The molecule has 5 nitrogen and oxygen atoms in total. The van der Waals surface area contributed by atoms with Gasteiger partial charge in [-0.2, -0.15) is 0 Å². The van der Waals surface area contributed by atoms with Gasteiger partial charge in [-0.1, -0.05) is 13.8 Å². The van der Waals surface area contributed by atoms with Gasteiger partial charge in [0, 0.05) is 6.42 Å². The van der Waals surface area contributed by atoms with E-state index in [1.165, 1.54) is 7.11 Å². The molecule has 0 aromatic heterocycles. The predicted octanol–water partition coefficient (Wildman–Crippen LogP) is -0.434. The van der Waals surface area contributed by atoms with E-state index in [2.05, 4.69) is 10.3 Å². The SMILES string of the molecule is CONC(=O)CC(C)(C)C(N)=O. The molecule has 0 aromatic rings. The molecule has 12 heavy (non-hydrogen) atoms. The molecule has 0 fully saturated rings. The average molecular weight is 174 g/mol. The van der Waals surface area contributed by atoms with Gasteiger partial charge in [-0.05, 0) is 0 Å². The minimum Gasteiger partial charge on any atom is -0.369 e. The lowest BCUT2D eigenvalue weighted by Gasteiger charge is -2.18. The van der Waals surface area contributed by atoms with Crippen LogP contribution in [-0.4, -0.2) is 18.9 Å². The number of amides is 2. The maximum absolute atomic E-state index is 10.9. The van der Waals surface area contributed by atoms with E-state index in [9.17, 15) is 9.59 Å². The Bertz CT molecular complexity index is 189. The van der Waals surface area contributed by atoms with E-state index in [-0.39, 0.29) is 12.3 Å². The molecule has 0 atom stereocenters. The molecule has 0 aromatic carbocycles. The number of hydrogen-bond acceptors (Lipinski definition) is 3. The second-order valence-electron chi connectivity index (χ2n) is 3.15. The zero-order valence-corrected chi connectivity index (χ0v) is 7.51. The summed E-state index contributed by atoms with van der Waals surface area (Å²) in [5.74, 6) is -0.866. The van der Waals surface area contributed by atoms with Crippen LogP contribution in [0.25, 0.3) is 0 Å². The number of carbonyl (C=O) groups is 2. The fourth-order valence-corrected chi connectivity index (χ4v) is 0.638. The van der Waals surface area contributed by atoms with Gasteiger partial charge in [0.1, 0.15) is 0 Å². The number of nitrogens with two attached hydrogens (primary N) is 1. The van der Waals surface area contributed by atoms with Crippen LogP contribution in [0.4, 0.5) is 0 Å². The zero-order chi connectivity index (χ0) is 9.78. The van der Waals surface area contributed by atoms with Crippen LogP contribution in [0.15, 0.2) is 0 Å². The van der Waals surface area contributed by atoms with Gasteiger partial charge >= 0.3 is 0 Å². The molecule has 70 valence electrons. The molecule has 0 aliphatic carbocycles. The first kappa shape index (κ1) is 10.9. The minimum atomic E-state index is -0.831. The molecule has 0 heterocycles. The highest BCUT2D eigenvalue weighted by atomic mass is 16.6. The molecule has 0 aliphatic heterocycles. The van der Waals surface area contributed by atoms with E-state index in [1.54, 1.807) is 13.8 Å². The van der Waals surface area contributed by atoms with E-state index in [1.807, 2.05) is 0 Å². The maximum atomic E-state index is 10.9. The maximum Gasteiger partial charge on any atom is 0.244 e. The van der Waals surface area contributed by atoms with E-state index in [0.29, 0.717) is 0 Å². The van der Waals surface area contributed by atoms with Crippen molar-refractivity contribution in [1.82, 2.24) is 5.48 Å². The standard InChI is InChI=1S/C7H14N2O3/c1-7(2,6(8)11)4-5(10)9-12-3/h4H2,1-3H3,(H2,8,11)(H,9,10). The van der Waals surface area contributed by atoms with Gasteiger partial charge in [0.2, 0.25) is 11.8 Å². The van der Waals surface area contributed by atoms with Crippen LogP contribution < -0.4 is 11.2 Å². The van der Waals surface area contributed by atoms with Gasteiger partial charge in [-0.25, -0.2) is 5.48 Å². The van der Waals surface area contributed by atoms with Crippen molar-refractivity contribution in [3.63, 3.8) is 0 Å². The monoisotopic (exact) mass is 174 g/mol. The highest BCUT2D eigenvalue weighted by Crippen LogP contribution is 2.18. The Morgan fingerprint density at radius 1 is 1.50 bits per heavy atom. The summed E-state index contributed by atoms with van der Waals surface area (Å²) in [5, 5.41) is 0. The molecule has 0 spiro atoms. The fourth-order valence-electron chi connectivity index (χ4n) is 0.638. The van der Waals surface area contributed by atoms with Crippen molar-refractivity contribution in [2.24, 2.45) is 11.1 Å². The van der Waals surface area contributed by atoms with E-state index >= 15 is 0 Å². The lowest BCUT2D eigenvalue weighted by atomic mass is 9.88. The quantitative estimate of drug-likeness (QED) is 0.567. The Labute approximate surface area is 71.2 Å². The predicted molar refractivity (Wildman–Crippen MR) is 42.7 cm³/mol. The first-order chi connectivity index (χ1) is 5.40. The molecule has 2 amide bonds. The van der Waals surface area contributed by atoms with E-state index in [4.69, 9.17) is 5.73 Å². The summed E-state index contributed by atoms with van der Waals surface area (Å²) >= 11 is 0. The number of nitrogens with one attached hydrogen (secondary N) is 1. The summed E-state index contributed by atoms with van der Waals surface area (Å²) in [6.07, 6.45) is 0.0240. The third-order valence-corrected chi connectivity index (χ3v) is 1.49. The Hall–Kier alpha value is -1.10. The van der Waals surface area contributed by atoms with Crippen LogP contribution in [0.3, 0.4) is 0 Å². The smallest absolute Gasteiger partial charge is 0.244 e. The lowest BCUT2D eigenvalue weighted by molar-refractivity contribution is -0.138. The molecule has 0 saturated heterocycles. The second-order valence-corrected chi connectivity index (χ2v) is 3.15. The van der Waals surface area contributed by atoms with Gasteiger partial charge in [-0.15, -0.1) is 0 Å². The Balaban J connectivity index is 4.06. The van der Waals surface area contributed by atoms with Crippen LogP contribution >= 0.6 is 0 Å². The molecular formula is C7H14N2O3. The Morgan fingerprint density at radius 3 is 2.33 bits per heavy atom. The molecule has 3 N–H and O–H groups in total. The number of hydrogen-bond donors (Lipinski definition) is 2. The first-order valence-electron chi connectivity index (χ1n) is 3.52. The summed E-state index contributed by atoms with van der Waals surface area (Å²) < 4.78 is 0. The average Bonchev–Trinajstić information content (AvgIpc) is 1.85. The van der Waals surface area contributed by atoms with Crippen molar-refractivity contribution in [2.45, 2.75) is 20.3 Å². The summed E-state index contributed by atoms with van der Waals surface area (Å²) in [7, 11) is 1.33. The molecule has 0 unspecified atom stereocenters. The fraction of sp³-hybridized carbons (Fsp3) is 0.714. The topological polar surface area (TPSA) is 81.4 Å². The van der Waals surface area contributed by atoms with Crippen molar-refractivity contribution >= 4 is 11.8 Å². The second kappa shape index (κ2) is 4.06. The van der Waals surface area contributed by atoms with Gasteiger partial charge < -0.3 is 5.73 Å². The third-order valence-electron chi connectivity index (χ3n) is 1.49. The summed E-state index contributed by atoms with van der Waals surface area (Å²) in [6.45, 7) is 3.20. The normalized spacial score (nSPS) is 10.9. The van der Waals surface area contributed by atoms with Gasteiger partial charge in [-0.3, -0.25) is 14.4 Å². The van der Waals surface area contributed by atoms with E-state index < -0.39 is 11.3 Å². The van der Waals surface area contributed by atoms with Crippen LogP contribution in [-0.2, 0) is 14.4 Å². The van der Waals surface area contributed by atoms with Gasteiger partial charge in [0.25, 0.3) is 0 Å². The van der Waals surface area contributed by atoms with Crippen LogP contribution in [0, 0.1) is 5.41 Å². The molecule has 0 radical (unpaired) electrons. The zero-order valence-electron chi connectivity index (χ0n) is 7.51. The first-order valence-corrected chi connectivity index (χ1v) is 3.52. The highest BCUT2D eigenvalue weighted by Gasteiger charge is 2.27. The molecule has 0 aliphatic rings. The van der Waals surface area contributed by atoms with Crippen molar-refractivity contribution in [2.75, 3.05) is 7.11 Å². The summed E-state index contributed by atoms with van der Waals surface area (Å²) in [5.41, 5.74) is 6.33. The van der Waals surface area contributed by atoms with Gasteiger partial charge in [0.05, 0.1) is 12.5 Å². The lowest BCUT2D eigenvalue weighted by Crippen LogP contribution is -2.37.